The predicted molar refractivity (Wildman–Crippen MR) is 98.9 cm³/mol. The van der Waals surface area contributed by atoms with Crippen LogP contribution in [0.5, 0.6) is 11.5 Å². The lowest BCUT2D eigenvalue weighted by molar-refractivity contribution is -0.116. The van der Waals surface area contributed by atoms with Crippen molar-refractivity contribution in [1.29, 1.82) is 0 Å². The Morgan fingerprint density at radius 1 is 1.08 bits per heavy atom. The van der Waals surface area contributed by atoms with Crippen molar-refractivity contribution < 1.29 is 19.1 Å². The Labute approximate surface area is 152 Å². The molecule has 0 bridgehead atoms. The zero-order valence-corrected chi connectivity index (χ0v) is 15.2. The van der Waals surface area contributed by atoms with Crippen LogP contribution in [0.4, 0.5) is 5.69 Å². The molecule has 0 aromatic heterocycles. The van der Waals surface area contributed by atoms with Crippen LogP contribution in [0.2, 0.25) is 0 Å². The van der Waals surface area contributed by atoms with E-state index in [4.69, 9.17) is 9.47 Å². The normalized spacial score (nSPS) is 12.5. The molecular weight excluding hydrogens is 332 g/mol. The van der Waals surface area contributed by atoms with E-state index in [0.717, 1.165) is 23.2 Å². The maximum atomic E-state index is 12.5. The molecule has 0 saturated heterocycles. The van der Waals surface area contributed by atoms with Crippen LogP contribution in [-0.4, -0.2) is 32.6 Å². The molecule has 0 fully saturated rings. The number of anilines is 1. The summed E-state index contributed by atoms with van der Waals surface area (Å²) in [6.45, 7) is 2.70. The summed E-state index contributed by atoms with van der Waals surface area (Å²) in [6, 6.07) is 11.0. The Kier molecular flexibility index (Phi) is 5.11. The van der Waals surface area contributed by atoms with Crippen molar-refractivity contribution in [2.24, 2.45) is 0 Å². The average molecular weight is 354 g/mol. The van der Waals surface area contributed by atoms with E-state index in [1.54, 1.807) is 44.2 Å². The number of carbonyl (C=O) groups excluding carboxylic acids is 2. The molecule has 2 amide bonds. The summed E-state index contributed by atoms with van der Waals surface area (Å²) in [5, 5.41) is 2.91. The van der Waals surface area contributed by atoms with E-state index in [0.29, 0.717) is 30.2 Å². The number of ether oxygens (including phenoxy) is 2. The largest absolute Gasteiger partial charge is 0.497 e. The van der Waals surface area contributed by atoms with E-state index >= 15 is 0 Å². The molecule has 0 saturated carbocycles. The Balaban J connectivity index is 1.70. The summed E-state index contributed by atoms with van der Waals surface area (Å²) >= 11 is 0. The molecule has 26 heavy (non-hydrogen) atoms. The van der Waals surface area contributed by atoms with Crippen LogP contribution in [0.25, 0.3) is 0 Å². The number of amides is 2. The number of carbonyl (C=O) groups is 2. The molecule has 0 aliphatic carbocycles. The third-order valence-corrected chi connectivity index (χ3v) is 4.49. The molecule has 6 nitrogen and oxygen atoms in total. The molecule has 136 valence electrons. The van der Waals surface area contributed by atoms with Gasteiger partial charge < -0.3 is 19.7 Å². The minimum absolute atomic E-state index is 0.0526. The molecule has 0 spiro atoms. The van der Waals surface area contributed by atoms with Gasteiger partial charge >= 0.3 is 0 Å². The van der Waals surface area contributed by atoms with Crippen molar-refractivity contribution in [1.82, 2.24) is 5.32 Å². The second kappa shape index (κ2) is 7.47. The SMILES string of the molecule is COc1cc(OC)cc(C(=O)NCc2ccc3c(c2)CCN3C(C)=O)c1. The third-order valence-electron chi connectivity index (χ3n) is 4.49. The number of rotatable bonds is 5. The standard InChI is InChI=1S/C20H22N2O4/c1-13(23)22-7-6-15-8-14(4-5-19(15)22)12-21-20(24)16-9-17(25-2)11-18(10-16)26-3/h4-5,8-11H,6-7,12H2,1-3H3,(H,21,24). The minimum Gasteiger partial charge on any atom is -0.497 e. The number of methoxy groups -OCH3 is 2. The maximum Gasteiger partial charge on any atom is 0.251 e. The number of nitrogens with zero attached hydrogens (tertiary/aromatic N) is 1. The smallest absolute Gasteiger partial charge is 0.251 e. The lowest BCUT2D eigenvalue weighted by Gasteiger charge is -2.15. The topological polar surface area (TPSA) is 67.9 Å². The number of benzene rings is 2. The third kappa shape index (κ3) is 3.64. The summed E-state index contributed by atoms with van der Waals surface area (Å²) in [6.07, 6.45) is 0.837. The predicted octanol–water partition coefficient (Wildman–Crippen LogP) is 2.54. The van der Waals surface area contributed by atoms with E-state index in [9.17, 15) is 9.59 Å². The van der Waals surface area contributed by atoms with Crippen molar-refractivity contribution in [2.75, 3.05) is 25.7 Å². The van der Waals surface area contributed by atoms with Crippen LogP contribution in [0.1, 0.15) is 28.4 Å². The number of fused-ring (bicyclic) bond motifs is 1. The van der Waals surface area contributed by atoms with Gasteiger partial charge in [0.1, 0.15) is 11.5 Å². The van der Waals surface area contributed by atoms with Gasteiger partial charge in [0.25, 0.3) is 5.91 Å². The van der Waals surface area contributed by atoms with Crippen molar-refractivity contribution in [3.63, 3.8) is 0 Å². The Bertz CT molecular complexity index is 825. The fourth-order valence-corrected chi connectivity index (χ4v) is 3.12. The van der Waals surface area contributed by atoms with Crippen LogP contribution in [0.3, 0.4) is 0 Å². The highest BCUT2D eigenvalue weighted by atomic mass is 16.5. The monoisotopic (exact) mass is 354 g/mol. The quantitative estimate of drug-likeness (QED) is 0.896. The molecule has 6 heteroatoms. The lowest BCUT2D eigenvalue weighted by atomic mass is 10.1. The van der Waals surface area contributed by atoms with Gasteiger partial charge in [-0.05, 0) is 35.7 Å². The summed E-state index contributed by atoms with van der Waals surface area (Å²) in [5.41, 5.74) is 3.57. The molecule has 0 atom stereocenters. The first-order valence-electron chi connectivity index (χ1n) is 8.43. The molecule has 1 heterocycles. The van der Waals surface area contributed by atoms with E-state index in [-0.39, 0.29) is 11.8 Å². The number of hydrogen-bond donors (Lipinski definition) is 1. The first kappa shape index (κ1) is 17.8. The van der Waals surface area contributed by atoms with Gasteiger partial charge in [0.05, 0.1) is 14.2 Å². The first-order chi connectivity index (χ1) is 12.5. The van der Waals surface area contributed by atoms with Gasteiger partial charge in [0, 0.05) is 37.3 Å². The van der Waals surface area contributed by atoms with Gasteiger partial charge in [-0.15, -0.1) is 0 Å². The highest BCUT2D eigenvalue weighted by molar-refractivity contribution is 5.95. The van der Waals surface area contributed by atoms with Gasteiger partial charge in [-0.1, -0.05) is 12.1 Å². The van der Waals surface area contributed by atoms with E-state index in [1.165, 1.54) is 0 Å². The van der Waals surface area contributed by atoms with Crippen molar-refractivity contribution in [2.45, 2.75) is 19.9 Å². The molecule has 2 aromatic rings. The van der Waals surface area contributed by atoms with E-state index in [2.05, 4.69) is 5.32 Å². The molecule has 1 N–H and O–H groups in total. The Morgan fingerprint density at radius 2 is 1.77 bits per heavy atom. The average Bonchev–Trinajstić information content (AvgIpc) is 3.09. The fraction of sp³-hybridized carbons (Fsp3) is 0.300. The molecule has 0 radical (unpaired) electrons. The van der Waals surface area contributed by atoms with Crippen LogP contribution in [-0.2, 0) is 17.8 Å². The fourth-order valence-electron chi connectivity index (χ4n) is 3.12. The second-order valence-corrected chi connectivity index (χ2v) is 6.17. The van der Waals surface area contributed by atoms with Gasteiger partial charge in [-0.2, -0.15) is 0 Å². The Morgan fingerprint density at radius 3 is 2.38 bits per heavy atom. The molecule has 1 aliphatic rings. The molecule has 2 aromatic carbocycles. The summed E-state index contributed by atoms with van der Waals surface area (Å²) in [4.78, 5) is 25.9. The zero-order chi connectivity index (χ0) is 18.7. The van der Waals surface area contributed by atoms with Crippen LogP contribution < -0.4 is 19.7 Å². The molecular formula is C20H22N2O4. The highest BCUT2D eigenvalue weighted by Crippen LogP contribution is 2.29. The van der Waals surface area contributed by atoms with Gasteiger partial charge in [0.15, 0.2) is 0 Å². The van der Waals surface area contributed by atoms with Gasteiger partial charge in [0.2, 0.25) is 5.91 Å². The summed E-state index contributed by atoms with van der Waals surface area (Å²) in [7, 11) is 3.09. The van der Waals surface area contributed by atoms with Crippen LogP contribution in [0, 0.1) is 0 Å². The van der Waals surface area contributed by atoms with E-state index in [1.807, 2.05) is 18.2 Å². The zero-order valence-electron chi connectivity index (χ0n) is 15.2. The highest BCUT2D eigenvalue weighted by Gasteiger charge is 2.22. The van der Waals surface area contributed by atoms with Crippen molar-refractivity contribution in [3.8, 4) is 11.5 Å². The van der Waals surface area contributed by atoms with Crippen LogP contribution >= 0.6 is 0 Å². The first-order valence-corrected chi connectivity index (χ1v) is 8.43. The molecule has 1 aliphatic heterocycles. The van der Waals surface area contributed by atoms with E-state index < -0.39 is 0 Å². The van der Waals surface area contributed by atoms with Crippen molar-refractivity contribution >= 4 is 17.5 Å². The van der Waals surface area contributed by atoms with Crippen LogP contribution in [0.15, 0.2) is 36.4 Å². The number of nitrogens with one attached hydrogen (secondary N) is 1. The lowest BCUT2D eigenvalue weighted by Crippen LogP contribution is -2.25. The van der Waals surface area contributed by atoms with Gasteiger partial charge in [-0.3, -0.25) is 9.59 Å². The van der Waals surface area contributed by atoms with Gasteiger partial charge in [-0.25, -0.2) is 0 Å². The summed E-state index contributed by atoms with van der Waals surface area (Å²) < 4.78 is 10.4. The number of hydrogen-bond acceptors (Lipinski definition) is 4. The molecule has 0 unspecified atom stereocenters. The second-order valence-electron chi connectivity index (χ2n) is 6.17. The Hall–Kier alpha value is -3.02. The van der Waals surface area contributed by atoms with Crippen molar-refractivity contribution in [3.05, 3.63) is 53.1 Å². The maximum absolute atomic E-state index is 12.5. The summed E-state index contributed by atoms with van der Waals surface area (Å²) in [5.74, 6) is 0.984. The minimum atomic E-state index is -0.201. The molecule has 3 rings (SSSR count).